The second-order valence-corrected chi connectivity index (χ2v) is 8.75. The summed E-state index contributed by atoms with van der Waals surface area (Å²) >= 11 is 0. The van der Waals surface area contributed by atoms with Crippen LogP contribution in [0.5, 0.6) is 0 Å². The molecule has 0 atom stereocenters. The molecular weight excluding hydrogens is 328 g/mol. The van der Waals surface area contributed by atoms with Crippen LogP contribution < -0.4 is 0 Å². The van der Waals surface area contributed by atoms with Gasteiger partial charge >= 0.3 is 0 Å². The molecule has 27 heavy (non-hydrogen) atoms. The van der Waals surface area contributed by atoms with Crippen molar-refractivity contribution < 1.29 is 0 Å². The Morgan fingerprint density at radius 2 is 1.44 bits per heavy atom. The van der Waals surface area contributed by atoms with Gasteiger partial charge in [-0.05, 0) is 108 Å². The van der Waals surface area contributed by atoms with Gasteiger partial charge < -0.3 is 9.80 Å². The highest BCUT2D eigenvalue weighted by molar-refractivity contribution is 4.94. The highest BCUT2D eigenvalue weighted by atomic mass is 15.1. The molecule has 0 saturated carbocycles. The number of likely N-dealkylation sites (tertiary alicyclic amines) is 2. The molecule has 0 aromatic rings. The second-order valence-electron chi connectivity index (χ2n) is 8.75. The predicted molar refractivity (Wildman–Crippen MR) is 122 cm³/mol. The van der Waals surface area contributed by atoms with Crippen molar-refractivity contribution in [3.63, 3.8) is 0 Å². The Morgan fingerprint density at radius 1 is 0.815 bits per heavy atom. The largest absolute Gasteiger partial charge is 0.303 e. The van der Waals surface area contributed by atoms with E-state index in [1.807, 2.05) is 13.8 Å². The maximum Gasteiger partial charge on any atom is -0.00133 e. The van der Waals surface area contributed by atoms with Crippen molar-refractivity contribution in [3.8, 4) is 0 Å². The van der Waals surface area contributed by atoms with Gasteiger partial charge in [0, 0.05) is 0 Å². The van der Waals surface area contributed by atoms with E-state index in [4.69, 9.17) is 0 Å². The minimum Gasteiger partial charge on any atom is -0.303 e. The van der Waals surface area contributed by atoms with Crippen LogP contribution in [0.2, 0.25) is 0 Å². The van der Waals surface area contributed by atoms with Crippen LogP contribution in [0.15, 0.2) is 12.2 Å². The third-order valence-corrected chi connectivity index (χ3v) is 6.75. The van der Waals surface area contributed by atoms with Crippen LogP contribution in [0.25, 0.3) is 0 Å². The van der Waals surface area contributed by atoms with Crippen molar-refractivity contribution in [2.75, 3.05) is 39.3 Å². The van der Waals surface area contributed by atoms with Crippen molar-refractivity contribution in [2.24, 2.45) is 11.3 Å². The second kappa shape index (κ2) is 14.6. The fraction of sp³-hybridized carbons (Fsp3) is 0.920. The van der Waals surface area contributed by atoms with Gasteiger partial charge in [-0.2, -0.15) is 0 Å². The third-order valence-electron chi connectivity index (χ3n) is 6.75. The van der Waals surface area contributed by atoms with E-state index in [1.165, 1.54) is 103 Å². The average Bonchev–Trinajstić information content (AvgIpc) is 2.71. The highest BCUT2D eigenvalue weighted by Gasteiger charge is 2.32. The first kappa shape index (κ1) is 24.7. The SMILES string of the molecule is CC.CC/C=C/CC1(CCC)CCN(CCC2CCN(CCC)CC2)CC1. The lowest BCUT2D eigenvalue weighted by atomic mass is 9.72. The number of nitrogens with zero attached hydrogens (tertiary/aromatic N) is 2. The summed E-state index contributed by atoms with van der Waals surface area (Å²) in [6.45, 7) is 19.0. The van der Waals surface area contributed by atoms with Crippen molar-refractivity contribution >= 4 is 0 Å². The van der Waals surface area contributed by atoms with E-state index in [0.717, 1.165) is 5.92 Å². The first-order chi connectivity index (χ1) is 13.2. The van der Waals surface area contributed by atoms with E-state index < -0.39 is 0 Å². The first-order valence-corrected chi connectivity index (χ1v) is 12.3. The summed E-state index contributed by atoms with van der Waals surface area (Å²) in [4.78, 5) is 5.44. The van der Waals surface area contributed by atoms with Gasteiger partial charge in [0.05, 0.1) is 0 Å². The molecule has 2 fully saturated rings. The number of rotatable bonds is 10. The Hall–Kier alpha value is -0.340. The van der Waals surface area contributed by atoms with Crippen LogP contribution in [0.1, 0.15) is 98.8 Å². The van der Waals surface area contributed by atoms with Crippen LogP contribution in [0.3, 0.4) is 0 Å². The smallest absolute Gasteiger partial charge is 0.00133 e. The molecule has 160 valence electrons. The molecule has 2 heterocycles. The van der Waals surface area contributed by atoms with E-state index >= 15 is 0 Å². The quantitative estimate of drug-likeness (QED) is 0.387. The van der Waals surface area contributed by atoms with E-state index in [1.54, 1.807) is 0 Å². The minimum atomic E-state index is 0.614. The molecule has 0 amide bonds. The molecule has 2 heteroatoms. The van der Waals surface area contributed by atoms with Gasteiger partial charge in [0.25, 0.3) is 0 Å². The fourth-order valence-electron chi connectivity index (χ4n) is 5.02. The molecule has 0 unspecified atom stereocenters. The summed E-state index contributed by atoms with van der Waals surface area (Å²) in [6, 6.07) is 0. The van der Waals surface area contributed by atoms with Crippen LogP contribution in [0.4, 0.5) is 0 Å². The molecule has 2 nitrogen and oxygen atoms in total. The van der Waals surface area contributed by atoms with Gasteiger partial charge in [-0.25, -0.2) is 0 Å². The van der Waals surface area contributed by atoms with Gasteiger partial charge in [0.1, 0.15) is 0 Å². The third kappa shape index (κ3) is 9.13. The van der Waals surface area contributed by atoms with Crippen LogP contribution in [0, 0.1) is 11.3 Å². The number of piperidine rings is 2. The molecule has 0 aromatic carbocycles. The summed E-state index contributed by atoms with van der Waals surface area (Å²) in [5, 5.41) is 0. The molecule has 2 aliphatic heterocycles. The van der Waals surface area contributed by atoms with E-state index in [2.05, 4.69) is 42.7 Å². The number of hydrogen-bond acceptors (Lipinski definition) is 2. The van der Waals surface area contributed by atoms with Crippen LogP contribution in [-0.4, -0.2) is 49.1 Å². The Labute approximate surface area is 171 Å². The maximum atomic E-state index is 2.77. The summed E-state index contributed by atoms with van der Waals surface area (Å²) in [6.07, 6.45) is 18.6. The van der Waals surface area contributed by atoms with Crippen molar-refractivity contribution in [3.05, 3.63) is 12.2 Å². The van der Waals surface area contributed by atoms with Gasteiger partial charge in [0.15, 0.2) is 0 Å². The summed E-state index contributed by atoms with van der Waals surface area (Å²) in [7, 11) is 0. The zero-order valence-corrected chi connectivity index (χ0v) is 19.4. The lowest BCUT2D eigenvalue weighted by Crippen LogP contribution is -2.41. The molecule has 0 aliphatic carbocycles. The molecular formula is C25H50N2. The zero-order chi connectivity index (χ0) is 20.0. The molecule has 0 N–H and O–H groups in total. The van der Waals surface area contributed by atoms with Gasteiger partial charge in [-0.3, -0.25) is 0 Å². The normalized spacial score (nSPS) is 22.0. The lowest BCUT2D eigenvalue weighted by Gasteiger charge is -2.42. The molecule has 2 aliphatic rings. The van der Waals surface area contributed by atoms with Crippen LogP contribution in [-0.2, 0) is 0 Å². The first-order valence-electron chi connectivity index (χ1n) is 12.3. The molecule has 2 saturated heterocycles. The average molecular weight is 379 g/mol. The molecule has 0 bridgehead atoms. The van der Waals surface area contributed by atoms with E-state index in [9.17, 15) is 0 Å². The highest BCUT2D eigenvalue weighted by Crippen LogP contribution is 2.40. The Balaban J connectivity index is 0.00000176. The van der Waals surface area contributed by atoms with Gasteiger partial charge in [-0.1, -0.05) is 53.2 Å². The van der Waals surface area contributed by atoms with Gasteiger partial charge in [-0.15, -0.1) is 0 Å². The number of hydrogen-bond donors (Lipinski definition) is 0. The van der Waals surface area contributed by atoms with Crippen LogP contribution >= 0.6 is 0 Å². The molecule has 2 rings (SSSR count). The number of allylic oxidation sites excluding steroid dienone is 2. The topological polar surface area (TPSA) is 6.48 Å². The standard InChI is InChI=1S/C23H44N2.C2H6/c1-4-7-8-13-23(12-5-2)14-20-25(21-15-23)19-11-22-9-17-24(16-6-3)18-10-22;1-2/h7-8,22H,4-6,9-21H2,1-3H3;1-2H3/b8-7+;. The van der Waals surface area contributed by atoms with E-state index in [0.29, 0.717) is 5.41 Å². The molecule has 0 spiro atoms. The Bertz CT molecular complexity index is 361. The maximum absolute atomic E-state index is 2.77. The summed E-state index contributed by atoms with van der Waals surface area (Å²) in [5.74, 6) is 0.989. The Kier molecular flexibility index (Phi) is 13.4. The molecule has 0 radical (unpaired) electrons. The van der Waals surface area contributed by atoms with E-state index in [-0.39, 0.29) is 0 Å². The zero-order valence-electron chi connectivity index (χ0n) is 19.4. The van der Waals surface area contributed by atoms with Gasteiger partial charge in [0.2, 0.25) is 0 Å². The van der Waals surface area contributed by atoms with Crippen molar-refractivity contribution in [2.45, 2.75) is 98.8 Å². The van der Waals surface area contributed by atoms with Crippen molar-refractivity contribution in [1.29, 1.82) is 0 Å². The lowest BCUT2D eigenvalue weighted by molar-refractivity contribution is 0.0868. The fourth-order valence-corrected chi connectivity index (χ4v) is 5.02. The summed E-state index contributed by atoms with van der Waals surface area (Å²) < 4.78 is 0. The van der Waals surface area contributed by atoms with Crippen molar-refractivity contribution in [1.82, 2.24) is 9.80 Å². The minimum absolute atomic E-state index is 0.614. The molecule has 0 aromatic heterocycles. The summed E-state index contributed by atoms with van der Waals surface area (Å²) in [5.41, 5.74) is 0.614. The monoisotopic (exact) mass is 378 g/mol. The predicted octanol–water partition coefficient (Wildman–Crippen LogP) is 6.76. The Morgan fingerprint density at radius 3 is 2.00 bits per heavy atom.